The van der Waals surface area contributed by atoms with Crippen molar-refractivity contribution in [2.45, 2.75) is 18.6 Å². The maximum Gasteiger partial charge on any atom is 0.254 e. The first kappa shape index (κ1) is 16.1. The van der Waals surface area contributed by atoms with Gasteiger partial charge < -0.3 is 15.8 Å². The molecule has 0 spiro atoms. The topological polar surface area (TPSA) is 81.4 Å². The fourth-order valence-corrected chi connectivity index (χ4v) is 2.80. The predicted octanol–water partition coefficient (Wildman–Crippen LogP) is 1.78. The van der Waals surface area contributed by atoms with Crippen LogP contribution in [0.3, 0.4) is 0 Å². The zero-order valence-corrected chi connectivity index (χ0v) is 12.9. The molecule has 2 atom stereocenters. The quantitative estimate of drug-likeness (QED) is 0.898. The smallest absolute Gasteiger partial charge is 0.254 e. The van der Waals surface area contributed by atoms with Crippen LogP contribution in [0.2, 0.25) is 0 Å². The van der Waals surface area contributed by atoms with Gasteiger partial charge in [0.25, 0.3) is 5.91 Å². The number of nitrogens with two attached hydrogens (primary N) is 1. The molecule has 2 aromatic rings. The summed E-state index contributed by atoms with van der Waals surface area (Å²) in [5.41, 5.74) is 7.63. The lowest BCUT2D eigenvalue weighted by molar-refractivity contribution is -0.137. The second-order valence-corrected chi connectivity index (χ2v) is 5.60. The minimum Gasteiger partial charge on any atom is -0.368 e. The summed E-state index contributed by atoms with van der Waals surface area (Å²) in [6.07, 6.45) is -0.0609. The molecule has 124 valence electrons. The minimum absolute atomic E-state index is 0.418. The number of carbonyl (C=O) groups is 2. The Balaban J connectivity index is 1.82. The maximum atomic E-state index is 13.0. The first-order valence-corrected chi connectivity index (χ1v) is 7.61. The summed E-state index contributed by atoms with van der Waals surface area (Å²) in [6.45, 7) is 0.423. The van der Waals surface area contributed by atoms with Crippen molar-refractivity contribution in [1.82, 2.24) is 5.32 Å². The van der Waals surface area contributed by atoms with Gasteiger partial charge in [-0.1, -0.05) is 36.4 Å². The van der Waals surface area contributed by atoms with Crippen molar-refractivity contribution in [3.05, 3.63) is 71.0 Å². The SMILES string of the molecule is NC(=O)[C@H](NC(=O)[C@@H]1OCCc2ccccc21)c1ccc(F)cc1. The lowest BCUT2D eigenvalue weighted by Crippen LogP contribution is -2.41. The minimum atomic E-state index is -1.05. The van der Waals surface area contributed by atoms with E-state index in [0.717, 1.165) is 17.5 Å². The first-order chi connectivity index (χ1) is 11.6. The van der Waals surface area contributed by atoms with E-state index < -0.39 is 29.8 Å². The van der Waals surface area contributed by atoms with E-state index in [1.807, 2.05) is 24.3 Å². The third kappa shape index (κ3) is 3.28. The fourth-order valence-electron chi connectivity index (χ4n) is 2.80. The maximum absolute atomic E-state index is 13.0. The largest absolute Gasteiger partial charge is 0.368 e. The third-order valence-electron chi connectivity index (χ3n) is 4.01. The lowest BCUT2D eigenvalue weighted by Gasteiger charge is -2.26. The van der Waals surface area contributed by atoms with Gasteiger partial charge in [0, 0.05) is 0 Å². The van der Waals surface area contributed by atoms with Gasteiger partial charge in [-0.2, -0.15) is 0 Å². The molecule has 6 heteroatoms. The van der Waals surface area contributed by atoms with Crippen molar-refractivity contribution in [3.8, 4) is 0 Å². The van der Waals surface area contributed by atoms with Gasteiger partial charge in [0.15, 0.2) is 6.10 Å². The number of hydrogen-bond donors (Lipinski definition) is 2. The lowest BCUT2D eigenvalue weighted by atomic mass is 9.96. The molecule has 0 saturated heterocycles. The normalized spacial score (nSPS) is 17.6. The number of primary amides is 1. The number of carbonyl (C=O) groups excluding carboxylic acids is 2. The van der Waals surface area contributed by atoms with Gasteiger partial charge in [-0.3, -0.25) is 9.59 Å². The zero-order valence-electron chi connectivity index (χ0n) is 12.9. The number of ether oxygens (including phenoxy) is 1. The van der Waals surface area contributed by atoms with Crippen molar-refractivity contribution in [3.63, 3.8) is 0 Å². The first-order valence-electron chi connectivity index (χ1n) is 7.61. The Morgan fingerprint density at radius 3 is 2.58 bits per heavy atom. The molecular formula is C18H17FN2O3. The Labute approximate surface area is 138 Å². The van der Waals surface area contributed by atoms with Crippen LogP contribution in [0.1, 0.15) is 28.8 Å². The van der Waals surface area contributed by atoms with Crippen LogP contribution in [0.5, 0.6) is 0 Å². The van der Waals surface area contributed by atoms with Gasteiger partial charge in [0.2, 0.25) is 5.91 Å². The predicted molar refractivity (Wildman–Crippen MR) is 85.3 cm³/mol. The summed E-state index contributed by atoms with van der Waals surface area (Å²) in [5.74, 6) is -1.60. The highest BCUT2D eigenvalue weighted by Gasteiger charge is 2.30. The molecule has 1 aliphatic rings. The average molecular weight is 328 g/mol. The summed E-state index contributed by atoms with van der Waals surface area (Å²) in [6, 6.07) is 11.7. The van der Waals surface area contributed by atoms with E-state index in [9.17, 15) is 14.0 Å². The van der Waals surface area contributed by atoms with Crippen molar-refractivity contribution >= 4 is 11.8 Å². The van der Waals surface area contributed by atoms with Gasteiger partial charge >= 0.3 is 0 Å². The van der Waals surface area contributed by atoms with Crippen LogP contribution < -0.4 is 11.1 Å². The molecule has 1 aliphatic heterocycles. The van der Waals surface area contributed by atoms with Crippen molar-refractivity contribution in [1.29, 1.82) is 0 Å². The molecule has 1 heterocycles. The summed E-state index contributed by atoms with van der Waals surface area (Å²) >= 11 is 0. The molecule has 0 bridgehead atoms. The molecule has 3 rings (SSSR count). The van der Waals surface area contributed by atoms with Crippen LogP contribution in [-0.4, -0.2) is 18.4 Å². The molecule has 24 heavy (non-hydrogen) atoms. The molecule has 0 aromatic heterocycles. The van der Waals surface area contributed by atoms with E-state index >= 15 is 0 Å². The number of amides is 2. The van der Waals surface area contributed by atoms with Crippen LogP contribution in [-0.2, 0) is 20.7 Å². The third-order valence-corrected chi connectivity index (χ3v) is 4.01. The van der Waals surface area contributed by atoms with Crippen LogP contribution >= 0.6 is 0 Å². The molecule has 0 saturated carbocycles. The molecule has 0 radical (unpaired) electrons. The van der Waals surface area contributed by atoms with E-state index in [1.54, 1.807) is 0 Å². The standard InChI is InChI=1S/C18H17FN2O3/c19-13-7-5-12(6-8-13)15(17(20)22)21-18(23)16-14-4-2-1-3-11(14)9-10-24-16/h1-8,15-16H,9-10H2,(H2,20,22)(H,21,23)/t15-,16-/m1/s1. The number of nitrogens with one attached hydrogen (secondary N) is 1. The van der Waals surface area contributed by atoms with Gasteiger partial charge in [0.1, 0.15) is 11.9 Å². The van der Waals surface area contributed by atoms with Gasteiger partial charge in [0.05, 0.1) is 6.61 Å². The van der Waals surface area contributed by atoms with E-state index in [1.165, 1.54) is 24.3 Å². The molecule has 2 aromatic carbocycles. The zero-order chi connectivity index (χ0) is 17.1. The Morgan fingerprint density at radius 2 is 1.88 bits per heavy atom. The Morgan fingerprint density at radius 1 is 1.17 bits per heavy atom. The molecule has 2 amide bonds. The Hall–Kier alpha value is -2.73. The van der Waals surface area contributed by atoms with Crippen LogP contribution in [0.25, 0.3) is 0 Å². The highest BCUT2D eigenvalue weighted by atomic mass is 19.1. The molecule has 5 nitrogen and oxygen atoms in total. The van der Waals surface area contributed by atoms with E-state index in [-0.39, 0.29) is 0 Å². The molecular weight excluding hydrogens is 311 g/mol. The number of fused-ring (bicyclic) bond motifs is 1. The average Bonchev–Trinajstić information content (AvgIpc) is 2.59. The summed E-state index contributed by atoms with van der Waals surface area (Å²) in [7, 11) is 0. The number of halogens is 1. The van der Waals surface area contributed by atoms with Gasteiger partial charge in [-0.15, -0.1) is 0 Å². The van der Waals surface area contributed by atoms with Crippen molar-refractivity contribution in [2.75, 3.05) is 6.61 Å². The van der Waals surface area contributed by atoms with Crippen LogP contribution in [0.15, 0.2) is 48.5 Å². The highest BCUT2D eigenvalue weighted by Crippen LogP contribution is 2.28. The fraction of sp³-hybridized carbons (Fsp3) is 0.222. The molecule has 0 aliphatic carbocycles. The van der Waals surface area contributed by atoms with Gasteiger partial charge in [-0.25, -0.2) is 4.39 Å². The number of benzene rings is 2. The summed E-state index contributed by atoms with van der Waals surface area (Å²) < 4.78 is 18.6. The van der Waals surface area contributed by atoms with E-state index in [0.29, 0.717) is 12.2 Å². The Kier molecular flexibility index (Phi) is 4.57. The second-order valence-electron chi connectivity index (χ2n) is 5.60. The summed E-state index contributed by atoms with van der Waals surface area (Å²) in [5, 5.41) is 2.60. The van der Waals surface area contributed by atoms with Gasteiger partial charge in [-0.05, 0) is 35.2 Å². The Bertz CT molecular complexity index is 761. The monoisotopic (exact) mass is 328 g/mol. The molecule has 3 N–H and O–H groups in total. The number of rotatable bonds is 4. The highest BCUT2D eigenvalue weighted by molar-refractivity contribution is 5.90. The van der Waals surface area contributed by atoms with Crippen LogP contribution in [0.4, 0.5) is 4.39 Å². The van der Waals surface area contributed by atoms with E-state index in [4.69, 9.17) is 10.5 Å². The number of hydrogen-bond acceptors (Lipinski definition) is 3. The van der Waals surface area contributed by atoms with Crippen LogP contribution in [0, 0.1) is 5.82 Å². The summed E-state index contributed by atoms with van der Waals surface area (Å²) in [4.78, 5) is 24.3. The molecule has 0 fully saturated rings. The molecule has 0 unspecified atom stereocenters. The van der Waals surface area contributed by atoms with Crippen molar-refractivity contribution < 1.29 is 18.7 Å². The van der Waals surface area contributed by atoms with Crippen molar-refractivity contribution in [2.24, 2.45) is 5.73 Å². The van der Waals surface area contributed by atoms with E-state index in [2.05, 4.69) is 5.32 Å². The second kappa shape index (κ2) is 6.80.